The molecule has 6 heteroatoms. The summed E-state index contributed by atoms with van der Waals surface area (Å²) in [5, 5.41) is 1.90. The van der Waals surface area contributed by atoms with Crippen molar-refractivity contribution in [3.05, 3.63) is 35.3 Å². The molecule has 0 amide bonds. The number of para-hydroxylation sites is 1. The van der Waals surface area contributed by atoms with Crippen LogP contribution in [-0.4, -0.2) is 17.6 Å². The minimum atomic E-state index is -0.392. The number of anilines is 1. The van der Waals surface area contributed by atoms with Gasteiger partial charge < -0.3 is 10.5 Å². The quantitative estimate of drug-likeness (QED) is 0.688. The third kappa shape index (κ3) is 2.83. The van der Waals surface area contributed by atoms with Gasteiger partial charge in [0.25, 0.3) is 0 Å². The highest BCUT2D eigenvalue weighted by atomic mass is 32.2. The smallest absolute Gasteiger partial charge is 0.340 e. The molecule has 0 saturated heterocycles. The fraction of sp³-hybridized carbons (Fsp3) is 0.167. The fourth-order valence-corrected chi connectivity index (χ4v) is 3.03. The molecule has 0 saturated carbocycles. The summed E-state index contributed by atoms with van der Waals surface area (Å²) in [7, 11) is 0. The second-order valence-electron chi connectivity index (χ2n) is 3.34. The molecule has 1 heterocycles. The second-order valence-corrected chi connectivity index (χ2v) is 5.52. The maximum absolute atomic E-state index is 11.7. The van der Waals surface area contributed by atoms with E-state index in [0.717, 1.165) is 9.24 Å². The number of esters is 1. The SMILES string of the molecule is CCOC(=O)c1cccc(Sc2nccs2)c1N. The summed E-state index contributed by atoms with van der Waals surface area (Å²) in [6.45, 7) is 2.10. The molecule has 1 aromatic carbocycles. The van der Waals surface area contributed by atoms with Gasteiger partial charge in [-0.1, -0.05) is 17.8 Å². The number of ether oxygens (including phenoxy) is 1. The van der Waals surface area contributed by atoms with Crippen molar-refractivity contribution in [1.82, 2.24) is 4.98 Å². The second kappa shape index (κ2) is 5.88. The van der Waals surface area contributed by atoms with Gasteiger partial charge in [-0.25, -0.2) is 9.78 Å². The molecule has 4 nitrogen and oxygen atoms in total. The summed E-state index contributed by atoms with van der Waals surface area (Å²) < 4.78 is 5.85. The number of carbonyl (C=O) groups is 1. The van der Waals surface area contributed by atoms with E-state index in [0.29, 0.717) is 17.9 Å². The van der Waals surface area contributed by atoms with Crippen molar-refractivity contribution < 1.29 is 9.53 Å². The van der Waals surface area contributed by atoms with E-state index in [2.05, 4.69) is 4.98 Å². The maximum atomic E-state index is 11.7. The number of nitrogens with zero attached hydrogens (tertiary/aromatic N) is 1. The van der Waals surface area contributed by atoms with Crippen LogP contribution in [0, 0.1) is 0 Å². The molecule has 0 radical (unpaired) electrons. The van der Waals surface area contributed by atoms with Crippen LogP contribution in [0.1, 0.15) is 17.3 Å². The van der Waals surface area contributed by atoms with Crippen molar-refractivity contribution >= 4 is 34.8 Å². The molecule has 94 valence electrons. The van der Waals surface area contributed by atoms with E-state index in [1.807, 2.05) is 11.4 Å². The van der Waals surface area contributed by atoms with Gasteiger partial charge in [-0.3, -0.25) is 0 Å². The molecule has 0 spiro atoms. The minimum absolute atomic E-state index is 0.335. The molecule has 0 aliphatic carbocycles. The summed E-state index contributed by atoms with van der Waals surface area (Å²) in [5.74, 6) is -0.392. The number of carbonyl (C=O) groups excluding carboxylic acids is 1. The molecule has 0 aliphatic heterocycles. The molecule has 2 rings (SSSR count). The minimum Gasteiger partial charge on any atom is -0.462 e. The number of nitrogen functional groups attached to an aromatic ring is 1. The van der Waals surface area contributed by atoms with Gasteiger partial charge in [-0.2, -0.15) is 0 Å². The lowest BCUT2D eigenvalue weighted by molar-refractivity contribution is 0.0527. The number of aromatic nitrogens is 1. The Kier molecular flexibility index (Phi) is 4.22. The Morgan fingerprint density at radius 2 is 2.39 bits per heavy atom. The van der Waals surface area contributed by atoms with Crippen LogP contribution in [-0.2, 0) is 4.74 Å². The van der Waals surface area contributed by atoms with Crippen LogP contribution < -0.4 is 5.73 Å². The Morgan fingerprint density at radius 3 is 3.06 bits per heavy atom. The molecule has 2 N–H and O–H groups in total. The van der Waals surface area contributed by atoms with Gasteiger partial charge in [0.1, 0.15) is 0 Å². The summed E-state index contributed by atoms with van der Waals surface area (Å²) in [5.41, 5.74) is 6.83. The molecule has 0 fully saturated rings. The Bertz CT molecular complexity index is 541. The number of rotatable bonds is 4. The monoisotopic (exact) mass is 280 g/mol. The van der Waals surface area contributed by atoms with Gasteiger partial charge in [0.05, 0.1) is 17.9 Å². The van der Waals surface area contributed by atoms with Crippen LogP contribution in [0.25, 0.3) is 0 Å². The highest BCUT2D eigenvalue weighted by Gasteiger charge is 2.14. The Labute approximate surface area is 113 Å². The zero-order valence-corrected chi connectivity index (χ0v) is 11.4. The van der Waals surface area contributed by atoms with Crippen molar-refractivity contribution in [1.29, 1.82) is 0 Å². The lowest BCUT2D eigenvalue weighted by Gasteiger charge is -2.08. The Hall–Kier alpha value is -1.53. The van der Waals surface area contributed by atoms with E-state index in [1.54, 1.807) is 25.3 Å². The van der Waals surface area contributed by atoms with Gasteiger partial charge in [0, 0.05) is 16.5 Å². The molecule has 0 unspecified atom stereocenters. The van der Waals surface area contributed by atoms with Crippen molar-refractivity contribution in [2.45, 2.75) is 16.2 Å². The van der Waals surface area contributed by atoms with E-state index >= 15 is 0 Å². The van der Waals surface area contributed by atoms with Gasteiger partial charge >= 0.3 is 5.97 Å². The molecular formula is C12H12N2O2S2. The standard InChI is InChI=1S/C12H12N2O2S2/c1-2-16-11(15)8-4-3-5-9(10(8)13)18-12-14-6-7-17-12/h3-7H,2,13H2,1H3. The molecule has 0 bridgehead atoms. The summed E-state index contributed by atoms with van der Waals surface area (Å²) >= 11 is 2.98. The third-order valence-electron chi connectivity index (χ3n) is 2.17. The summed E-state index contributed by atoms with van der Waals surface area (Å²) in [6.07, 6.45) is 1.73. The first-order valence-corrected chi connectivity index (χ1v) is 7.05. The number of hydrogen-bond donors (Lipinski definition) is 1. The first-order valence-electron chi connectivity index (χ1n) is 5.35. The Balaban J connectivity index is 2.27. The Morgan fingerprint density at radius 1 is 1.56 bits per heavy atom. The molecule has 1 aromatic heterocycles. The fourth-order valence-electron chi connectivity index (χ4n) is 1.37. The predicted molar refractivity (Wildman–Crippen MR) is 73.0 cm³/mol. The van der Waals surface area contributed by atoms with Crippen molar-refractivity contribution in [2.75, 3.05) is 12.3 Å². The third-order valence-corrected chi connectivity index (χ3v) is 4.13. The van der Waals surface area contributed by atoms with Crippen LogP contribution in [0.5, 0.6) is 0 Å². The van der Waals surface area contributed by atoms with E-state index < -0.39 is 5.97 Å². The lowest BCUT2D eigenvalue weighted by Crippen LogP contribution is -2.08. The van der Waals surface area contributed by atoms with E-state index in [4.69, 9.17) is 10.5 Å². The lowest BCUT2D eigenvalue weighted by atomic mass is 10.2. The zero-order chi connectivity index (χ0) is 13.0. The molecule has 18 heavy (non-hydrogen) atoms. The predicted octanol–water partition coefficient (Wildman–Crippen LogP) is 3.05. The van der Waals surface area contributed by atoms with Crippen LogP contribution in [0.4, 0.5) is 5.69 Å². The van der Waals surface area contributed by atoms with Gasteiger partial charge in [0.2, 0.25) is 0 Å². The van der Waals surface area contributed by atoms with Crippen LogP contribution in [0.15, 0.2) is 39.0 Å². The van der Waals surface area contributed by atoms with E-state index in [1.165, 1.54) is 23.1 Å². The van der Waals surface area contributed by atoms with Crippen molar-refractivity contribution in [3.8, 4) is 0 Å². The molecule has 2 aromatic rings. The molecule has 0 aliphatic rings. The number of nitrogens with two attached hydrogens (primary N) is 1. The van der Waals surface area contributed by atoms with E-state index in [9.17, 15) is 4.79 Å². The van der Waals surface area contributed by atoms with Crippen LogP contribution >= 0.6 is 23.1 Å². The molecule has 0 atom stereocenters. The first-order chi connectivity index (χ1) is 8.72. The van der Waals surface area contributed by atoms with E-state index in [-0.39, 0.29) is 0 Å². The number of thiazole rings is 1. The van der Waals surface area contributed by atoms with Gasteiger partial charge in [0.15, 0.2) is 4.34 Å². The van der Waals surface area contributed by atoms with Crippen molar-refractivity contribution in [2.24, 2.45) is 0 Å². The average Bonchev–Trinajstić information content (AvgIpc) is 2.85. The highest BCUT2D eigenvalue weighted by molar-refractivity contribution is 8.01. The highest BCUT2D eigenvalue weighted by Crippen LogP contribution is 2.34. The number of benzene rings is 1. The first kappa shape index (κ1) is 12.9. The van der Waals surface area contributed by atoms with Crippen molar-refractivity contribution in [3.63, 3.8) is 0 Å². The summed E-state index contributed by atoms with van der Waals surface area (Å²) in [6, 6.07) is 5.32. The zero-order valence-electron chi connectivity index (χ0n) is 9.75. The average molecular weight is 280 g/mol. The van der Waals surface area contributed by atoms with Gasteiger partial charge in [-0.05, 0) is 19.1 Å². The van der Waals surface area contributed by atoms with Crippen LogP contribution in [0.2, 0.25) is 0 Å². The largest absolute Gasteiger partial charge is 0.462 e. The molecular weight excluding hydrogens is 268 g/mol. The van der Waals surface area contributed by atoms with Gasteiger partial charge in [-0.15, -0.1) is 11.3 Å². The van der Waals surface area contributed by atoms with Crippen LogP contribution in [0.3, 0.4) is 0 Å². The topological polar surface area (TPSA) is 65.2 Å². The number of hydrogen-bond acceptors (Lipinski definition) is 6. The maximum Gasteiger partial charge on any atom is 0.340 e. The summed E-state index contributed by atoms with van der Waals surface area (Å²) in [4.78, 5) is 16.7. The normalized spacial score (nSPS) is 10.3.